The molecule has 1 aromatic heterocycles. The summed E-state index contributed by atoms with van der Waals surface area (Å²) in [5.41, 5.74) is 5.11. The summed E-state index contributed by atoms with van der Waals surface area (Å²) in [5, 5.41) is 1.33. The van der Waals surface area contributed by atoms with Crippen LogP contribution in [0.4, 0.5) is 0 Å². The highest BCUT2D eigenvalue weighted by atomic mass is 16.2. The molecule has 132 valence electrons. The van der Waals surface area contributed by atoms with Gasteiger partial charge in [0, 0.05) is 42.3 Å². The number of carbonyl (C=O) groups is 1. The lowest BCUT2D eigenvalue weighted by Gasteiger charge is -2.48. The lowest BCUT2D eigenvalue weighted by atomic mass is 9.71. The van der Waals surface area contributed by atoms with Gasteiger partial charge in [0.1, 0.15) is 0 Å². The Hall–Kier alpha value is -2.07. The van der Waals surface area contributed by atoms with Gasteiger partial charge in [0.05, 0.1) is 5.92 Å². The number of H-pyrrole nitrogens is 1. The Morgan fingerprint density at radius 3 is 2.84 bits per heavy atom. The van der Waals surface area contributed by atoms with Crippen LogP contribution in [-0.4, -0.2) is 52.9 Å². The standard InChI is InChI=1S/C21H27N3O/c1-5-24(6-2)20(25)14-10-17-16-8-7-9-18-19(16)15(12-22-18)11-21(17,3)23(4)13-14/h7-10,12,14,22H,5-6,11,13H2,1-4H3/t14-,21-/m1/s1. The zero-order chi connectivity index (χ0) is 17.8. The van der Waals surface area contributed by atoms with Crippen molar-refractivity contribution in [2.45, 2.75) is 32.7 Å². The first-order chi connectivity index (χ1) is 12.0. The normalized spacial score (nSPS) is 25.6. The minimum Gasteiger partial charge on any atom is -0.361 e. The van der Waals surface area contributed by atoms with Gasteiger partial charge in [0.2, 0.25) is 5.91 Å². The molecule has 0 saturated heterocycles. The SMILES string of the molecule is CCN(CC)C(=O)[C@@H]1C=C2c3cccc4[nH]cc(c34)C[C@@]2(C)N(C)C1. The summed E-state index contributed by atoms with van der Waals surface area (Å²) >= 11 is 0. The molecule has 0 spiro atoms. The maximum absolute atomic E-state index is 13.0. The van der Waals surface area contributed by atoms with Crippen molar-refractivity contribution in [2.75, 3.05) is 26.7 Å². The van der Waals surface area contributed by atoms with Crippen LogP contribution in [0.1, 0.15) is 31.9 Å². The number of nitrogens with zero attached hydrogens (tertiary/aromatic N) is 2. The first kappa shape index (κ1) is 16.4. The molecule has 4 heteroatoms. The summed E-state index contributed by atoms with van der Waals surface area (Å²) in [6.07, 6.45) is 5.39. The van der Waals surface area contributed by atoms with Crippen LogP contribution in [0.2, 0.25) is 0 Å². The molecule has 0 saturated carbocycles. The molecule has 1 aliphatic carbocycles. The number of rotatable bonds is 3. The first-order valence-corrected chi connectivity index (χ1v) is 9.31. The first-order valence-electron chi connectivity index (χ1n) is 9.31. The second-order valence-corrected chi connectivity index (χ2v) is 7.57. The Bertz CT molecular complexity index is 861. The van der Waals surface area contributed by atoms with Crippen molar-refractivity contribution in [1.29, 1.82) is 0 Å². The Morgan fingerprint density at radius 2 is 2.12 bits per heavy atom. The molecule has 1 N–H and O–H groups in total. The number of benzene rings is 1. The van der Waals surface area contributed by atoms with Gasteiger partial charge in [0.25, 0.3) is 0 Å². The van der Waals surface area contributed by atoms with E-state index in [-0.39, 0.29) is 17.4 Å². The van der Waals surface area contributed by atoms with E-state index in [2.05, 4.69) is 68.2 Å². The number of hydrogen-bond acceptors (Lipinski definition) is 2. The fourth-order valence-corrected chi connectivity index (χ4v) is 4.66. The maximum atomic E-state index is 13.0. The van der Waals surface area contributed by atoms with Crippen LogP contribution < -0.4 is 0 Å². The quantitative estimate of drug-likeness (QED) is 0.933. The van der Waals surface area contributed by atoms with E-state index in [9.17, 15) is 4.79 Å². The molecule has 2 aliphatic rings. The molecule has 25 heavy (non-hydrogen) atoms. The Morgan fingerprint density at radius 1 is 1.36 bits per heavy atom. The van der Waals surface area contributed by atoms with Crippen molar-refractivity contribution < 1.29 is 4.79 Å². The van der Waals surface area contributed by atoms with Crippen LogP contribution in [0.5, 0.6) is 0 Å². The van der Waals surface area contributed by atoms with Gasteiger partial charge in [0.15, 0.2) is 0 Å². The highest BCUT2D eigenvalue weighted by molar-refractivity contribution is 6.00. The van der Waals surface area contributed by atoms with Gasteiger partial charge in [-0.05, 0) is 57.0 Å². The minimum absolute atomic E-state index is 0.0521. The van der Waals surface area contributed by atoms with E-state index >= 15 is 0 Å². The van der Waals surface area contributed by atoms with Crippen LogP contribution in [0.3, 0.4) is 0 Å². The van der Waals surface area contributed by atoms with Crippen LogP contribution in [-0.2, 0) is 11.2 Å². The largest absolute Gasteiger partial charge is 0.361 e. The molecular weight excluding hydrogens is 310 g/mol. The van der Waals surface area contributed by atoms with E-state index in [1.807, 2.05) is 4.90 Å². The van der Waals surface area contributed by atoms with E-state index in [1.54, 1.807) is 0 Å². The molecule has 0 unspecified atom stereocenters. The predicted molar refractivity (Wildman–Crippen MR) is 102 cm³/mol. The maximum Gasteiger partial charge on any atom is 0.230 e. The lowest BCUT2D eigenvalue weighted by Crippen LogP contribution is -2.54. The van der Waals surface area contributed by atoms with Gasteiger partial charge in [-0.25, -0.2) is 0 Å². The van der Waals surface area contributed by atoms with Crippen molar-refractivity contribution >= 4 is 22.4 Å². The lowest BCUT2D eigenvalue weighted by molar-refractivity contribution is -0.134. The zero-order valence-electron chi connectivity index (χ0n) is 15.6. The van der Waals surface area contributed by atoms with Crippen molar-refractivity contribution in [3.63, 3.8) is 0 Å². The van der Waals surface area contributed by atoms with Crippen molar-refractivity contribution in [3.05, 3.63) is 41.6 Å². The van der Waals surface area contributed by atoms with E-state index in [1.165, 1.54) is 27.6 Å². The number of carbonyl (C=O) groups excluding carboxylic acids is 1. The third kappa shape index (κ3) is 2.27. The number of hydrogen-bond donors (Lipinski definition) is 1. The zero-order valence-corrected chi connectivity index (χ0v) is 15.6. The molecular formula is C21H27N3O. The van der Waals surface area contributed by atoms with Crippen molar-refractivity contribution in [3.8, 4) is 0 Å². The number of likely N-dealkylation sites (N-methyl/N-ethyl adjacent to an activating group) is 1. The molecule has 2 atom stereocenters. The highest BCUT2D eigenvalue weighted by Crippen LogP contribution is 2.47. The Labute approximate surface area is 149 Å². The Balaban J connectivity index is 1.86. The molecule has 2 aromatic rings. The molecule has 4 nitrogen and oxygen atoms in total. The van der Waals surface area contributed by atoms with Crippen LogP contribution in [0.15, 0.2) is 30.5 Å². The van der Waals surface area contributed by atoms with Gasteiger partial charge in [-0.15, -0.1) is 0 Å². The molecule has 1 aromatic carbocycles. The summed E-state index contributed by atoms with van der Waals surface area (Å²) in [5.74, 6) is 0.183. The second-order valence-electron chi connectivity index (χ2n) is 7.57. The molecule has 2 heterocycles. The second kappa shape index (κ2) is 5.73. The van der Waals surface area contributed by atoms with E-state index in [0.717, 1.165) is 26.1 Å². The third-order valence-corrected chi connectivity index (χ3v) is 6.27. The van der Waals surface area contributed by atoms with Gasteiger partial charge in [-0.3, -0.25) is 9.69 Å². The summed E-state index contributed by atoms with van der Waals surface area (Å²) in [6, 6.07) is 6.46. The van der Waals surface area contributed by atoms with Crippen molar-refractivity contribution in [1.82, 2.24) is 14.8 Å². The Kier molecular flexibility index (Phi) is 3.76. The van der Waals surface area contributed by atoms with Gasteiger partial charge in [-0.1, -0.05) is 18.2 Å². The number of fused-ring (bicyclic) bond motifs is 2. The summed E-state index contributed by atoms with van der Waals surface area (Å²) < 4.78 is 0. The smallest absolute Gasteiger partial charge is 0.230 e. The molecule has 0 bridgehead atoms. The number of aromatic amines is 1. The number of nitrogens with one attached hydrogen (secondary N) is 1. The van der Waals surface area contributed by atoms with Crippen molar-refractivity contribution in [2.24, 2.45) is 5.92 Å². The monoisotopic (exact) mass is 337 g/mol. The van der Waals surface area contributed by atoms with E-state index in [4.69, 9.17) is 0 Å². The number of aromatic nitrogens is 1. The third-order valence-electron chi connectivity index (χ3n) is 6.27. The van der Waals surface area contributed by atoms with Crippen LogP contribution in [0.25, 0.3) is 16.5 Å². The molecule has 0 radical (unpaired) electrons. The van der Waals surface area contributed by atoms with Gasteiger partial charge < -0.3 is 9.88 Å². The highest BCUT2D eigenvalue weighted by Gasteiger charge is 2.44. The van der Waals surface area contributed by atoms with E-state index in [0.29, 0.717) is 0 Å². The van der Waals surface area contributed by atoms with E-state index < -0.39 is 0 Å². The molecule has 1 amide bonds. The minimum atomic E-state index is -0.0660. The average Bonchev–Trinajstić information content (AvgIpc) is 3.01. The van der Waals surface area contributed by atoms with Crippen LogP contribution >= 0.6 is 0 Å². The summed E-state index contributed by atoms with van der Waals surface area (Å²) in [4.78, 5) is 20.7. The average molecular weight is 337 g/mol. The summed E-state index contributed by atoms with van der Waals surface area (Å²) in [7, 11) is 2.16. The number of amides is 1. The van der Waals surface area contributed by atoms with Crippen LogP contribution in [0, 0.1) is 5.92 Å². The summed E-state index contributed by atoms with van der Waals surface area (Å²) in [6.45, 7) is 8.75. The molecule has 1 aliphatic heterocycles. The molecule has 4 rings (SSSR count). The van der Waals surface area contributed by atoms with Gasteiger partial charge >= 0.3 is 0 Å². The molecule has 0 fully saturated rings. The fraction of sp³-hybridized carbons (Fsp3) is 0.476. The predicted octanol–water partition coefficient (Wildman–Crippen LogP) is 3.30. The fourth-order valence-electron chi connectivity index (χ4n) is 4.66. The van der Waals surface area contributed by atoms with Gasteiger partial charge in [-0.2, -0.15) is 0 Å². The topological polar surface area (TPSA) is 39.3 Å².